The smallest absolute Gasteiger partial charge is 0.309 e. The molecule has 5 heteroatoms. The van der Waals surface area contributed by atoms with Gasteiger partial charge in [-0.2, -0.15) is 0 Å². The third-order valence-electron chi connectivity index (χ3n) is 5.98. The van der Waals surface area contributed by atoms with Crippen molar-refractivity contribution >= 4 is 23.5 Å². The molecule has 4 nitrogen and oxygen atoms in total. The molecule has 1 saturated heterocycles. The Morgan fingerprint density at radius 3 is 1.79 bits per heavy atom. The minimum atomic E-state index is -0.0756. The largest absolute Gasteiger partial charge is 0.465 e. The second-order valence-electron chi connectivity index (χ2n) is 8.50. The van der Waals surface area contributed by atoms with Gasteiger partial charge in [-0.1, -0.05) is 84.0 Å². The van der Waals surface area contributed by atoms with Crippen LogP contribution in [0.5, 0.6) is 0 Å². The topological polar surface area (TPSA) is 46.6 Å². The van der Waals surface area contributed by atoms with Gasteiger partial charge >= 0.3 is 5.97 Å². The Kier molecular flexibility index (Phi) is 16.3. The summed E-state index contributed by atoms with van der Waals surface area (Å²) in [5.74, 6) is 0.337. The molecular formula is C24H44ClNO3. The molecule has 0 spiro atoms. The lowest BCUT2D eigenvalue weighted by atomic mass is 9.97. The van der Waals surface area contributed by atoms with Crippen LogP contribution in [0, 0.1) is 5.92 Å². The highest BCUT2D eigenvalue weighted by Gasteiger charge is 2.27. The molecule has 0 radical (unpaired) electrons. The minimum Gasteiger partial charge on any atom is -0.465 e. The molecule has 1 aliphatic heterocycles. The lowest BCUT2D eigenvalue weighted by Crippen LogP contribution is -2.40. The zero-order chi connectivity index (χ0) is 21.2. The van der Waals surface area contributed by atoms with Gasteiger partial charge in [0.1, 0.15) is 0 Å². The van der Waals surface area contributed by atoms with E-state index in [1.165, 1.54) is 70.6 Å². The molecule has 1 heterocycles. The van der Waals surface area contributed by atoms with E-state index in [9.17, 15) is 9.59 Å². The Bertz CT molecular complexity index is 422. The Morgan fingerprint density at radius 2 is 1.31 bits per heavy atom. The van der Waals surface area contributed by atoms with E-state index in [1.54, 1.807) is 0 Å². The van der Waals surface area contributed by atoms with Gasteiger partial charge in [0, 0.05) is 25.4 Å². The van der Waals surface area contributed by atoms with Gasteiger partial charge in [-0.3, -0.25) is 9.59 Å². The Morgan fingerprint density at radius 1 is 0.828 bits per heavy atom. The summed E-state index contributed by atoms with van der Waals surface area (Å²) in [6.07, 6.45) is 18.9. The average molecular weight is 430 g/mol. The summed E-state index contributed by atoms with van der Waals surface area (Å²) in [5, 5.41) is 0. The van der Waals surface area contributed by atoms with Crippen LogP contribution in [-0.2, 0) is 14.3 Å². The molecule has 0 aliphatic carbocycles. The highest BCUT2D eigenvalue weighted by atomic mass is 35.5. The molecule has 1 amide bonds. The number of likely N-dealkylation sites (tertiary alicyclic amines) is 1. The van der Waals surface area contributed by atoms with Crippen LogP contribution in [0.4, 0.5) is 0 Å². The summed E-state index contributed by atoms with van der Waals surface area (Å²) in [7, 11) is 0. The Labute approximate surface area is 184 Å². The van der Waals surface area contributed by atoms with Gasteiger partial charge in [-0.05, 0) is 19.3 Å². The summed E-state index contributed by atoms with van der Waals surface area (Å²) < 4.78 is 5.46. The van der Waals surface area contributed by atoms with E-state index in [0.717, 1.165) is 12.8 Å². The number of alkyl halides is 1. The molecule has 1 fully saturated rings. The first-order chi connectivity index (χ1) is 14.2. The van der Waals surface area contributed by atoms with Gasteiger partial charge < -0.3 is 9.64 Å². The zero-order valence-electron chi connectivity index (χ0n) is 18.8. The fraction of sp³-hybridized carbons (Fsp3) is 0.917. The van der Waals surface area contributed by atoms with Crippen LogP contribution in [0.3, 0.4) is 0 Å². The second kappa shape index (κ2) is 18.0. The highest BCUT2D eigenvalue weighted by Crippen LogP contribution is 2.20. The predicted molar refractivity (Wildman–Crippen MR) is 121 cm³/mol. The van der Waals surface area contributed by atoms with E-state index in [1.807, 2.05) is 4.90 Å². The van der Waals surface area contributed by atoms with Crippen LogP contribution in [0.2, 0.25) is 0 Å². The first kappa shape index (κ1) is 26.3. The maximum atomic E-state index is 12.2. The maximum absolute atomic E-state index is 12.2. The molecule has 0 saturated carbocycles. The van der Waals surface area contributed by atoms with Crippen molar-refractivity contribution < 1.29 is 14.3 Å². The first-order valence-electron chi connectivity index (χ1n) is 12.2. The van der Waals surface area contributed by atoms with Gasteiger partial charge in [0.25, 0.3) is 0 Å². The molecule has 170 valence electrons. The predicted octanol–water partition coefficient (Wildman–Crippen LogP) is 6.49. The van der Waals surface area contributed by atoms with Gasteiger partial charge in [-0.25, -0.2) is 0 Å². The number of hydrogen-bond acceptors (Lipinski definition) is 3. The van der Waals surface area contributed by atoms with Crippen molar-refractivity contribution in [2.24, 2.45) is 5.92 Å². The van der Waals surface area contributed by atoms with Crippen LogP contribution < -0.4 is 0 Å². The third kappa shape index (κ3) is 13.2. The van der Waals surface area contributed by atoms with E-state index >= 15 is 0 Å². The van der Waals surface area contributed by atoms with E-state index < -0.39 is 0 Å². The number of rotatable bonds is 17. The molecule has 1 rings (SSSR count). The molecule has 0 aromatic rings. The number of ether oxygens (including phenoxy) is 1. The zero-order valence-corrected chi connectivity index (χ0v) is 19.5. The molecule has 0 unspecified atom stereocenters. The third-order valence-corrected chi connectivity index (χ3v) is 6.17. The number of esters is 1. The van der Waals surface area contributed by atoms with Gasteiger partial charge in [0.15, 0.2) is 0 Å². The lowest BCUT2D eigenvalue weighted by molar-refractivity contribution is -0.151. The van der Waals surface area contributed by atoms with Crippen molar-refractivity contribution in [3.63, 3.8) is 0 Å². The van der Waals surface area contributed by atoms with Gasteiger partial charge in [0.2, 0.25) is 5.91 Å². The van der Waals surface area contributed by atoms with E-state index in [2.05, 4.69) is 6.92 Å². The number of nitrogens with zero attached hydrogens (tertiary/aromatic N) is 1. The van der Waals surface area contributed by atoms with Crippen molar-refractivity contribution in [1.29, 1.82) is 0 Å². The molecule has 0 N–H and O–H groups in total. The molecule has 0 aromatic carbocycles. The minimum absolute atomic E-state index is 0.0444. The van der Waals surface area contributed by atoms with Crippen LogP contribution in [0.1, 0.15) is 110 Å². The number of carbonyl (C=O) groups excluding carboxylic acids is 2. The first-order valence-corrected chi connectivity index (χ1v) is 12.7. The summed E-state index contributed by atoms with van der Waals surface area (Å²) in [6.45, 7) is 4.10. The summed E-state index contributed by atoms with van der Waals surface area (Å²) in [4.78, 5) is 25.8. The van der Waals surface area contributed by atoms with E-state index in [4.69, 9.17) is 16.3 Å². The van der Waals surface area contributed by atoms with Crippen molar-refractivity contribution in [2.75, 3.05) is 25.6 Å². The molecule has 29 heavy (non-hydrogen) atoms. The number of halogens is 1. The quantitative estimate of drug-likeness (QED) is 0.151. The van der Waals surface area contributed by atoms with Crippen LogP contribution in [-0.4, -0.2) is 42.4 Å². The number of unbranched alkanes of at least 4 members (excludes halogenated alkanes) is 12. The number of piperidine rings is 1. The molecule has 0 atom stereocenters. The van der Waals surface area contributed by atoms with E-state index in [-0.39, 0.29) is 17.8 Å². The standard InChI is InChI=1S/C24H44ClNO3/c1-2-3-4-5-6-7-8-9-10-11-12-13-14-21-29-24(28)22-16-19-26(20-17-22)23(27)15-18-25/h22H,2-21H2,1H3. The molecule has 0 aromatic heterocycles. The monoisotopic (exact) mass is 429 g/mol. The second-order valence-corrected chi connectivity index (χ2v) is 8.88. The fourth-order valence-corrected chi connectivity index (χ4v) is 4.18. The molecule has 0 bridgehead atoms. The van der Waals surface area contributed by atoms with Crippen molar-refractivity contribution in [3.8, 4) is 0 Å². The van der Waals surface area contributed by atoms with Crippen LogP contribution >= 0.6 is 11.6 Å². The summed E-state index contributed by atoms with van der Waals surface area (Å²) in [6, 6.07) is 0. The molecular weight excluding hydrogens is 386 g/mol. The van der Waals surface area contributed by atoms with Gasteiger partial charge in [0.05, 0.1) is 12.5 Å². The maximum Gasteiger partial charge on any atom is 0.309 e. The van der Waals surface area contributed by atoms with Crippen LogP contribution in [0.15, 0.2) is 0 Å². The summed E-state index contributed by atoms with van der Waals surface area (Å²) in [5.41, 5.74) is 0. The number of carbonyl (C=O) groups is 2. The highest BCUT2D eigenvalue weighted by molar-refractivity contribution is 6.18. The Balaban J connectivity index is 1.88. The SMILES string of the molecule is CCCCCCCCCCCCCCCOC(=O)C1CCN(C(=O)CCCl)CC1. The number of amides is 1. The van der Waals surface area contributed by atoms with Crippen molar-refractivity contribution in [1.82, 2.24) is 4.90 Å². The Hall–Kier alpha value is -0.770. The summed E-state index contributed by atoms with van der Waals surface area (Å²) >= 11 is 5.62. The van der Waals surface area contributed by atoms with Crippen molar-refractivity contribution in [3.05, 3.63) is 0 Å². The van der Waals surface area contributed by atoms with Crippen molar-refractivity contribution in [2.45, 2.75) is 110 Å². The number of hydrogen-bond donors (Lipinski definition) is 0. The lowest BCUT2D eigenvalue weighted by Gasteiger charge is -2.30. The van der Waals surface area contributed by atoms with Crippen LogP contribution in [0.25, 0.3) is 0 Å². The molecule has 1 aliphatic rings. The fourth-order valence-electron chi connectivity index (χ4n) is 4.01. The van der Waals surface area contributed by atoms with Gasteiger partial charge in [-0.15, -0.1) is 11.6 Å². The normalized spacial score (nSPS) is 14.9. The average Bonchev–Trinajstić information content (AvgIpc) is 2.74. The van der Waals surface area contributed by atoms with E-state index in [0.29, 0.717) is 44.8 Å².